The van der Waals surface area contributed by atoms with Crippen LogP contribution in [0.5, 0.6) is 0 Å². The highest BCUT2D eigenvalue weighted by Gasteiger charge is 2.30. The lowest BCUT2D eigenvalue weighted by Crippen LogP contribution is -2.26. The van der Waals surface area contributed by atoms with Gasteiger partial charge < -0.3 is 10.6 Å². The Hall–Kier alpha value is -2.47. The molecule has 0 radical (unpaired) electrons. The van der Waals surface area contributed by atoms with E-state index in [4.69, 9.17) is 5.73 Å². The molecule has 0 bridgehead atoms. The molecule has 2 N–H and O–H groups in total. The first kappa shape index (κ1) is 11.4. The number of carbonyl (C=O) groups excluding carboxylic acids is 1. The maximum Gasteiger partial charge on any atom is 0.259 e. The van der Waals surface area contributed by atoms with E-state index in [1.54, 1.807) is 4.90 Å². The van der Waals surface area contributed by atoms with Crippen molar-refractivity contribution in [3.8, 4) is 0 Å². The van der Waals surface area contributed by atoms with Crippen LogP contribution >= 0.6 is 11.5 Å². The van der Waals surface area contributed by atoms with E-state index in [1.165, 1.54) is 0 Å². The van der Waals surface area contributed by atoms with Crippen LogP contribution in [0, 0.1) is 0 Å². The van der Waals surface area contributed by atoms with Crippen LogP contribution in [0.3, 0.4) is 0 Å². The van der Waals surface area contributed by atoms with Crippen LogP contribution in [-0.2, 0) is 6.54 Å². The Morgan fingerprint density at radius 1 is 1.20 bits per heavy atom. The van der Waals surface area contributed by atoms with Crippen LogP contribution < -0.4 is 10.6 Å². The summed E-state index contributed by atoms with van der Waals surface area (Å²) in [6, 6.07) is 11.7. The molecular weight excluding hydrogens is 272 g/mol. The van der Waals surface area contributed by atoms with Crippen LogP contribution in [0.25, 0.3) is 10.8 Å². The monoisotopic (exact) mass is 282 g/mol. The average molecular weight is 282 g/mol. The van der Waals surface area contributed by atoms with Gasteiger partial charge in [-0.05, 0) is 17.5 Å². The highest BCUT2D eigenvalue weighted by molar-refractivity contribution is 7.09. The maximum absolute atomic E-state index is 12.6. The lowest BCUT2D eigenvalue weighted by molar-refractivity contribution is 0.0991. The average Bonchev–Trinajstić information content (AvgIpc) is 2.98. The Morgan fingerprint density at radius 3 is 2.75 bits per heavy atom. The molecule has 1 aliphatic rings. The largest absolute Gasteiger partial charge is 0.388 e. The molecule has 1 aliphatic heterocycles. The van der Waals surface area contributed by atoms with Gasteiger partial charge in [0, 0.05) is 22.5 Å². The summed E-state index contributed by atoms with van der Waals surface area (Å²) in [5.41, 5.74) is 8.12. The summed E-state index contributed by atoms with van der Waals surface area (Å²) in [7, 11) is 0. The summed E-state index contributed by atoms with van der Waals surface area (Å²) >= 11 is 1.14. The third-order valence-electron chi connectivity index (χ3n) is 3.54. The van der Waals surface area contributed by atoms with Crippen molar-refractivity contribution in [2.75, 3.05) is 10.6 Å². The maximum atomic E-state index is 12.6. The molecule has 98 valence electrons. The number of hydrogen-bond acceptors (Lipinski definition) is 5. The minimum absolute atomic E-state index is 0.01000. The summed E-state index contributed by atoms with van der Waals surface area (Å²) < 4.78 is 3.82. The first-order valence-corrected chi connectivity index (χ1v) is 6.93. The molecule has 0 unspecified atom stereocenters. The van der Waals surface area contributed by atoms with E-state index in [2.05, 4.69) is 9.59 Å². The number of nitrogens with zero attached hydrogens (tertiary/aromatic N) is 3. The quantitative estimate of drug-likeness (QED) is 0.783. The Morgan fingerprint density at radius 2 is 2.00 bits per heavy atom. The Bertz CT molecular complexity index is 837. The molecule has 6 heteroatoms. The summed E-state index contributed by atoms with van der Waals surface area (Å²) in [4.78, 5) is 14.3. The zero-order valence-corrected chi connectivity index (χ0v) is 11.2. The second-order valence-electron chi connectivity index (χ2n) is 4.66. The predicted octanol–water partition coefficient (Wildman–Crippen LogP) is 2.43. The molecule has 0 saturated carbocycles. The fraction of sp³-hybridized carbons (Fsp3) is 0.0714. The number of amides is 1. The molecule has 0 fully saturated rings. The zero-order valence-electron chi connectivity index (χ0n) is 10.4. The second kappa shape index (κ2) is 4.01. The van der Waals surface area contributed by atoms with Crippen molar-refractivity contribution in [1.29, 1.82) is 0 Å². The number of nitrogens with two attached hydrogens (primary N) is 1. The molecule has 0 aliphatic carbocycles. The lowest BCUT2D eigenvalue weighted by Gasteiger charge is -2.16. The molecule has 2 aromatic carbocycles. The number of nitrogen functional groups attached to an aromatic ring is 1. The molecule has 4 rings (SSSR count). The van der Waals surface area contributed by atoms with Gasteiger partial charge in [0.05, 0.1) is 12.2 Å². The molecule has 0 atom stereocenters. The van der Waals surface area contributed by atoms with Gasteiger partial charge in [0.25, 0.3) is 5.91 Å². The minimum atomic E-state index is -0.01000. The van der Waals surface area contributed by atoms with E-state index in [1.807, 2.05) is 36.4 Å². The zero-order chi connectivity index (χ0) is 13.7. The SMILES string of the molecule is Nc1snnc1CN1C(=O)c2cccc3cccc1c23. The van der Waals surface area contributed by atoms with Crippen molar-refractivity contribution in [1.82, 2.24) is 9.59 Å². The molecule has 0 spiro atoms. The van der Waals surface area contributed by atoms with Crippen molar-refractivity contribution in [2.45, 2.75) is 6.54 Å². The van der Waals surface area contributed by atoms with Crippen LogP contribution in [-0.4, -0.2) is 15.5 Å². The van der Waals surface area contributed by atoms with Gasteiger partial charge in [0.15, 0.2) is 0 Å². The Kier molecular flexibility index (Phi) is 2.28. The fourth-order valence-electron chi connectivity index (χ4n) is 2.61. The topological polar surface area (TPSA) is 72.1 Å². The van der Waals surface area contributed by atoms with E-state index in [0.29, 0.717) is 17.2 Å². The normalized spacial score (nSPS) is 13.4. The number of carbonyl (C=O) groups is 1. The van der Waals surface area contributed by atoms with Gasteiger partial charge in [-0.1, -0.05) is 28.8 Å². The third kappa shape index (κ3) is 1.45. The van der Waals surface area contributed by atoms with Crippen molar-refractivity contribution >= 4 is 38.9 Å². The van der Waals surface area contributed by atoms with Crippen LogP contribution in [0.4, 0.5) is 10.7 Å². The number of rotatable bonds is 2. The van der Waals surface area contributed by atoms with Gasteiger partial charge in [-0.25, -0.2) is 0 Å². The van der Waals surface area contributed by atoms with Crippen LogP contribution in [0.15, 0.2) is 36.4 Å². The van der Waals surface area contributed by atoms with E-state index >= 15 is 0 Å². The second-order valence-corrected chi connectivity index (χ2v) is 5.44. The first-order valence-electron chi connectivity index (χ1n) is 6.16. The number of benzene rings is 2. The Labute approximate surface area is 118 Å². The van der Waals surface area contributed by atoms with E-state index < -0.39 is 0 Å². The van der Waals surface area contributed by atoms with Crippen LogP contribution in [0.1, 0.15) is 16.1 Å². The first-order chi connectivity index (χ1) is 9.75. The van der Waals surface area contributed by atoms with Gasteiger partial charge in [-0.2, -0.15) is 0 Å². The fourth-order valence-corrected chi connectivity index (χ4v) is 3.05. The summed E-state index contributed by atoms with van der Waals surface area (Å²) in [6.45, 7) is 0.356. The summed E-state index contributed by atoms with van der Waals surface area (Å²) in [6.07, 6.45) is 0. The highest BCUT2D eigenvalue weighted by Crippen LogP contribution is 2.38. The molecule has 20 heavy (non-hydrogen) atoms. The van der Waals surface area contributed by atoms with Gasteiger partial charge >= 0.3 is 0 Å². The van der Waals surface area contributed by atoms with Gasteiger partial charge in [0.1, 0.15) is 10.7 Å². The lowest BCUT2D eigenvalue weighted by atomic mass is 10.1. The molecule has 1 amide bonds. The predicted molar refractivity (Wildman–Crippen MR) is 78.8 cm³/mol. The smallest absolute Gasteiger partial charge is 0.259 e. The van der Waals surface area contributed by atoms with Gasteiger partial charge in [-0.3, -0.25) is 4.79 Å². The van der Waals surface area contributed by atoms with E-state index in [0.717, 1.165) is 33.6 Å². The third-order valence-corrected chi connectivity index (χ3v) is 4.14. The van der Waals surface area contributed by atoms with Crippen molar-refractivity contribution < 1.29 is 4.79 Å². The molecule has 1 aromatic heterocycles. The molecule has 5 nitrogen and oxygen atoms in total. The molecule has 0 saturated heterocycles. The molecule has 2 heterocycles. The molecular formula is C14H10N4OS. The minimum Gasteiger partial charge on any atom is -0.388 e. The number of anilines is 2. The van der Waals surface area contributed by atoms with Gasteiger partial charge in [-0.15, -0.1) is 5.10 Å². The highest BCUT2D eigenvalue weighted by atomic mass is 32.1. The summed E-state index contributed by atoms with van der Waals surface area (Å²) in [5.74, 6) is -0.01000. The van der Waals surface area contributed by atoms with Crippen molar-refractivity contribution in [2.24, 2.45) is 0 Å². The molecule has 3 aromatic rings. The van der Waals surface area contributed by atoms with Crippen molar-refractivity contribution in [3.63, 3.8) is 0 Å². The van der Waals surface area contributed by atoms with Crippen LogP contribution in [0.2, 0.25) is 0 Å². The van der Waals surface area contributed by atoms with Crippen molar-refractivity contribution in [3.05, 3.63) is 47.7 Å². The van der Waals surface area contributed by atoms with E-state index in [-0.39, 0.29) is 5.91 Å². The van der Waals surface area contributed by atoms with Gasteiger partial charge in [0.2, 0.25) is 0 Å². The Balaban J connectivity index is 1.87. The number of aromatic nitrogens is 2. The van der Waals surface area contributed by atoms with E-state index in [9.17, 15) is 4.79 Å². The summed E-state index contributed by atoms with van der Waals surface area (Å²) in [5, 5.41) is 6.62. The standard InChI is InChI=1S/C14H10N4OS/c15-13-10(16-17-20-13)7-18-11-6-2-4-8-3-1-5-9(12(8)11)14(18)19/h1-6H,7,15H2. The number of hydrogen-bond donors (Lipinski definition) is 1.